The van der Waals surface area contributed by atoms with E-state index in [-0.39, 0.29) is 5.56 Å². The van der Waals surface area contributed by atoms with Crippen LogP contribution >= 0.6 is 0 Å². The van der Waals surface area contributed by atoms with Gasteiger partial charge < -0.3 is 40.1 Å². The van der Waals surface area contributed by atoms with Gasteiger partial charge in [-0.1, -0.05) is 11.8 Å². The fourth-order valence-corrected chi connectivity index (χ4v) is 2.02. The van der Waals surface area contributed by atoms with Crippen LogP contribution in [0.4, 0.5) is 0 Å². The monoisotopic (exact) mass is 315 g/mol. The number of hydrogen-bond donors (Lipinski definition) is 5. The van der Waals surface area contributed by atoms with Crippen molar-refractivity contribution in [1.29, 1.82) is 0 Å². The Hall–Kier alpha value is -1.91. The van der Waals surface area contributed by atoms with E-state index in [0.717, 1.165) is 18.2 Å². The van der Waals surface area contributed by atoms with Crippen molar-refractivity contribution in [3.8, 4) is 11.5 Å². The third kappa shape index (κ3) is 3.13. The number of aromatic carboxylic acids is 1. The number of aliphatic hydroxyl groups excluding tert-OH is 4. The lowest BCUT2D eigenvalue weighted by Crippen LogP contribution is -2.60. The average Bonchev–Trinajstić information content (AvgIpc) is 2.49. The second kappa shape index (κ2) is 6.46. The zero-order valence-corrected chi connectivity index (χ0v) is 11.2. The SMILES string of the molecule is O=C(O)c1ccc([O-])c(O[C@@H]2O[C@H](CO)[C@@H](O)[C@H](O)[C@H]2O)c1. The second-order valence-electron chi connectivity index (χ2n) is 4.78. The summed E-state index contributed by atoms with van der Waals surface area (Å²) < 4.78 is 10.2. The first-order chi connectivity index (χ1) is 10.3. The molecule has 0 spiro atoms. The quantitative estimate of drug-likeness (QED) is 0.409. The van der Waals surface area contributed by atoms with Crippen molar-refractivity contribution in [1.82, 2.24) is 0 Å². The summed E-state index contributed by atoms with van der Waals surface area (Å²) in [5.41, 5.74) is -0.209. The molecule has 1 aliphatic heterocycles. The molecule has 2 rings (SSSR count). The Morgan fingerprint density at radius 3 is 2.50 bits per heavy atom. The topological polar surface area (TPSA) is 160 Å². The molecule has 5 N–H and O–H groups in total. The van der Waals surface area contributed by atoms with E-state index < -0.39 is 54.8 Å². The maximum Gasteiger partial charge on any atom is 0.335 e. The molecule has 9 heteroatoms. The molecule has 1 aliphatic rings. The molecule has 1 fully saturated rings. The number of benzene rings is 1. The van der Waals surface area contributed by atoms with Gasteiger partial charge >= 0.3 is 5.97 Å². The van der Waals surface area contributed by atoms with Gasteiger partial charge in [-0.2, -0.15) is 0 Å². The van der Waals surface area contributed by atoms with Crippen LogP contribution in [0.5, 0.6) is 11.5 Å². The third-order valence-electron chi connectivity index (χ3n) is 3.28. The molecule has 122 valence electrons. The Labute approximate surface area is 124 Å². The van der Waals surface area contributed by atoms with Crippen LogP contribution in [-0.4, -0.2) is 68.8 Å². The lowest BCUT2D eigenvalue weighted by molar-refractivity contribution is -0.289. The Morgan fingerprint density at radius 1 is 1.23 bits per heavy atom. The fraction of sp³-hybridized carbons (Fsp3) is 0.462. The zero-order chi connectivity index (χ0) is 16.4. The number of ether oxygens (including phenoxy) is 2. The molecular formula is C13H15O9-. The highest BCUT2D eigenvalue weighted by Crippen LogP contribution is 2.29. The van der Waals surface area contributed by atoms with E-state index in [1.54, 1.807) is 0 Å². The number of carbonyl (C=O) groups is 1. The summed E-state index contributed by atoms with van der Waals surface area (Å²) in [5.74, 6) is -2.33. The highest BCUT2D eigenvalue weighted by atomic mass is 16.7. The third-order valence-corrected chi connectivity index (χ3v) is 3.28. The van der Waals surface area contributed by atoms with E-state index in [1.165, 1.54) is 0 Å². The minimum absolute atomic E-state index is 0.209. The van der Waals surface area contributed by atoms with E-state index in [9.17, 15) is 25.2 Å². The number of hydrogen-bond acceptors (Lipinski definition) is 8. The Balaban J connectivity index is 2.22. The molecule has 0 amide bonds. The molecule has 0 aliphatic carbocycles. The van der Waals surface area contributed by atoms with Crippen LogP contribution in [0.2, 0.25) is 0 Å². The summed E-state index contributed by atoms with van der Waals surface area (Å²) in [4.78, 5) is 10.9. The van der Waals surface area contributed by atoms with Gasteiger partial charge in [0.2, 0.25) is 6.29 Å². The molecule has 1 heterocycles. The van der Waals surface area contributed by atoms with Crippen molar-refractivity contribution in [3.63, 3.8) is 0 Å². The normalized spacial score (nSPS) is 31.7. The number of rotatable bonds is 4. The molecule has 0 unspecified atom stereocenters. The van der Waals surface area contributed by atoms with Crippen molar-refractivity contribution in [3.05, 3.63) is 23.8 Å². The molecule has 0 saturated carbocycles. The minimum Gasteiger partial charge on any atom is -0.870 e. The summed E-state index contributed by atoms with van der Waals surface area (Å²) in [5, 5.41) is 58.6. The summed E-state index contributed by atoms with van der Waals surface area (Å²) >= 11 is 0. The van der Waals surface area contributed by atoms with Gasteiger partial charge in [-0.25, -0.2) is 4.79 Å². The number of carboxylic acid groups (broad SMARTS) is 1. The minimum atomic E-state index is -1.69. The van der Waals surface area contributed by atoms with Crippen molar-refractivity contribution in [2.45, 2.75) is 30.7 Å². The van der Waals surface area contributed by atoms with Gasteiger partial charge in [0, 0.05) is 0 Å². The van der Waals surface area contributed by atoms with Gasteiger partial charge in [-0.15, -0.1) is 0 Å². The molecule has 1 aromatic rings. The van der Waals surface area contributed by atoms with E-state index in [4.69, 9.17) is 19.7 Å². The Morgan fingerprint density at radius 2 is 1.91 bits per heavy atom. The van der Waals surface area contributed by atoms with E-state index >= 15 is 0 Å². The van der Waals surface area contributed by atoms with Gasteiger partial charge in [0.25, 0.3) is 0 Å². The summed E-state index contributed by atoms with van der Waals surface area (Å²) in [6, 6.07) is 3.01. The van der Waals surface area contributed by atoms with Gasteiger partial charge in [-0.3, -0.25) is 0 Å². The van der Waals surface area contributed by atoms with E-state index in [2.05, 4.69) is 0 Å². The van der Waals surface area contributed by atoms with Crippen LogP contribution in [-0.2, 0) is 4.74 Å². The molecule has 0 aromatic heterocycles. The van der Waals surface area contributed by atoms with Crippen LogP contribution in [0.25, 0.3) is 0 Å². The smallest absolute Gasteiger partial charge is 0.335 e. The molecule has 0 radical (unpaired) electrons. The predicted octanol–water partition coefficient (Wildman–Crippen LogP) is -2.36. The van der Waals surface area contributed by atoms with Gasteiger partial charge in [-0.05, 0) is 12.1 Å². The molecule has 9 nitrogen and oxygen atoms in total. The maximum atomic E-state index is 11.7. The van der Waals surface area contributed by atoms with E-state index in [0.29, 0.717) is 0 Å². The average molecular weight is 315 g/mol. The summed E-state index contributed by atoms with van der Waals surface area (Å²) in [6.07, 6.45) is -7.65. The standard InChI is InChI=1S/C13H16O9/c14-4-8-9(16)10(17)11(18)13(22-8)21-7-3-5(12(19)20)1-2-6(7)15/h1-3,8-11,13-18H,4H2,(H,19,20)/p-1/t8-,9-,10+,11-,13-/m1/s1. The van der Waals surface area contributed by atoms with Crippen LogP contribution in [0.15, 0.2) is 18.2 Å². The predicted molar refractivity (Wildman–Crippen MR) is 67.2 cm³/mol. The zero-order valence-electron chi connectivity index (χ0n) is 11.2. The highest BCUT2D eigenvalue weighted by Gasteiger charge is 2.44. The summed E-state index contributed by atoms with van der Waals surface area (Å²) in [6.45, 7) is -0.649. The largest absolute Gasteiger partial charge is 0.870 e. The first-order valence-electron chi connectivity index (χ1n) is 6.36. The molecule has 22 heavy (non-hydrogen) atoms. The maximum absolute atomic E-state index is 11.7. The Bertz CT molecular complexity index is 544. The van der Waals surface area contributed by atoms with Gasteiger partial charge in [0.15, 0.2) is 0 Å². The fourth-order valence-electron chi connectivity index (χ4n) is 2.02. The molecule has 1 saturated heterocycles. The lowest BCUT2D eigenvalue weighted by Gasteiger charge is -2.40. The number of carboxylic acids is 1. The Kier molecular flexibility index (Phi) is 4.84. The second-order valence-corrected chi connectivity index (χ2v) is 4.78. The van der Waals surface area contributed by atoms with Gasteiger partial charge in [0.1, 0.15) is 30.2 Å². The van der Waals surface area contributed by atoms with Crippen molar-refractivity contribution < 1.29 is 44.9 Å². The molecular weight excluding hydrogens is 300 g/mol. The first kappa shape index (κ1) is 16.5. The van der Waals surface area contributed by atoms with Crippen molar-refractivity contribution in [2.24, 2.45) is 0 Å². The molecule has 5 atom stereocenters. The van der Waals surface area contributed by atoms with Crippen LogP contribution in [0.3, 0.4) is 0 Å². The molecule has 1 aromatic carbocycles. The van der Waals surface area contributed by atoms with Crippen molar-refractivity contribution in [2.75, 3.05) is 6.61 Å². The lowest BCUT2D eigenvalue weighted by atomic mass is 9.99. The first-order valence-corrected chi connectivity index (χ1v) is 6.36. The summed E-state index contributed by atoms with van der Waals surface area (Å²) in [7, 11) is 0. The van der Waals surface area contributed by atoms with Crippen LogP contribution < -0.4 is 9.84 Å². The van der Waals surface area contributed by atoms with Crippen molar-refractivity contribution >= 4 is 5.97 Å². The molecule has 0 bridgehead atoms. The van der Waals surface area contributed by atoms with Crippen LogP contribution in [0, 0.1) is 0 Å². The van der Waals surface area contributed by atoms with Crippen LogP contribution in [0.1, 0.15) is 10.4 Å². The number of aliphatic hydroxyl groups is 4. The van der Waals surface area contributed by atoms with Gasteiger partial charge in [0.05, 0.1) is 12.2 Å². The highest BCUT2D eigenvalue weighted by molar-refractivity contribution is 5.88. The van der Waals surface area contributed by atoms with E-state index in [1.807, 2.05) is 0 Å².